The lowest BCUT2D eigenvalue weighted by atomic mass is 10.1. The first-order valence-electron chi connectivity index (χ1n) is 4.48. The van der Waals surface area contributed by atoms with Crippen molar-refractivity contribution in [2.75, 3.05) is 0 Å². The van der Waals surface area contributed by atoms with Crippen LogP contribution in [0.3, 0.4) is 0 Å². The van der Waals surface area contributed by atoms with Crippen LogP contribution in [0.25, 0.3) is 11.3 Å². The average Bonchev–Trinajstić information content (AvgIpc) is 2.70. The fourth-order valence-corrected chi connectivity index (χ4v) is 1.84. The summed E-state index contributed by atoms with van der Waals surface area (Å²) in [5.74, 6) is 1.60. The minimum atomic E-state index is 0.299. The van der Waals surface area contributed by atoms with Crippen LogP contribution in [-0.2, 0) is 5.88 Å². The zero-order valence-corrected chi connectivity index (χ0v) is 10.5. The van der Waals surface area contributed by atoms with Gasteiger partial charge in [-0.15, -0.1) is 11.6 Å². The molecule has 15 heavy (non-hydrogen) atoms. The van der Waals surface area contributed by atoms with Crippen LogP contribution in [0, 0.1) is 6.92 Å². The van der Waals surface area contributed by atoms with Gasteiger partial charge in [0, 0.05) is 10.0 Å². The summed E-state index contributed by atoms with van der Waals surface area (Å²) in [5, 5.41) is 0. The number of hydrogen-bond donors (Lipinski definition) is 0. The van der Waals surface area contributed by atoms with Gasteiger partial charge in [0.15, 0.2) is 5.76 Å². The second kappa shape index (κ2) is 4.37. The Kier molecular flexibility index (Phi) is 3.12. The summed E-state index contributed by atoms with van der Waals surface area (Å²) >= 11 is 9.06. The Morgan fingerprint density at radius 2 is 2.27 bits per heavy atom. The first-order valence-corrected chi connectivity index (χ1v) is 5.80. The fourth-order valence-electron chi connectivity index (χ4n) is 1.36. The molecule has 0 amide bonds. The van der Waals surface area contributed by atoms with Crippen LogP contribution in [0.5, 0.6) is 0 Å². The number of aryl methyl sites for hydroxylation is 1. The maximum atomic E-state index is 5.63. The van der Waals surface area contributed by atoms with Gasteiger partial charge in [0.25, 0.3) is 0 Å². The van der Waals surface area contributed by atoms with Crippen molar-refractivity contribution in [2.24, 2.45) is 0 Å². The highest BCUT2D eigenvalue weighted by Gasteiger charge is 2.08. The Morgan fingerprint density at radius 3 is 2.93 bits per heavy atom. The van der Waals surface area contributed by atoms with Crippen molar-refractivity contribution >= 4 is 27.5 Å². The van der Waals surface area contributed by atoms with Gasteiger partial charge < -0.3 is 4.42 Å². The summed E-state index contributed by atoms with van der Waals surface area (Å²) in [5.41, 5.74) is 2.18. The molecule has 1 aromatic carbocycles. The maximum Gasteiger partial charge on any atom is 0.209 e. The highest BCUT2D eigenvalue weighted by Crippen LogP contribution is 2.27. The minimum absolute atomic E-state index is 0.299. The van der Waals surface area contributed by atoms with E-state index in [-0.39, 0.29) is 0 Å². The number of oxazole rings is 1. The molecule has 0 N–H and O–H groups in total. The van der Waals surface area contributed by atoms with Crippen LogP contribution in [0.2, 0.25) is 0 Å². The third-order valence-electron chi connectivity index (χ3n) is 2.13. The lowest BCUT2D eigenvalue weighted by molar-refractivity contribution is 0.528. The summed E-state index contributed by atoms with van der Waals surface area (Å²) in [6, 6.07) is 6.04. The zero-order valence-electron chi connectivity index (χ0n) is 8.13. The third-order valence-corrected chi connectivity index (χ3v) is 2.85. The molecule has 1 aromatic heterocycles. The molecular weight excluding hydrogens is 277 g/mol. The van der Waals surface area contributed by atoms with E-state index in [1.807, 2.05) is 25.1 Å². The molecule has 0 aliphatic rings. The number of benzene rings is 1. The normalized spacial score (nSPS) is 10.6. The van der Waals surface area contributed by atoms with Crippen LogP contribution >= 0.6 is 27.5 Å². The van der Waals surface area contributed by atoms with Gasteiger partial charge >= 0.3 is 0 Å². The van der Waals surface area contributed by atoms with Gasteiger partial charge in [-0.25, -0.2) is 4.98 Å². The molecular formula is C11H9BrClNO. The second-order valence-corrected chi connectivity index (χ2v) is 4.39. The zero-order chi connectivity index (χ0) is 10.8. The summed E-state index contributed by atoms with van der Waals surface area (Å²) in [7, 11) is 0. The molecule has 4 heteroatoms. The SMILES string of the molecule is Cc1ccc(Br)cc1-c1cnc(CCl)o1. The Labute approximate surface area is 101 Å². The summed E-state index contributed by atoms with van der Waals surface area (Å²) < 4.78 is 6.51. The van der Waals surface area contributed by atoms with E-state index in [0.717, 1.165) is 21.4 Å². The van der Waals surface area contributed by atoms with E-state index in [1.54, 1.807) is 6.20 Å². The number of hydrogen-bond acceptors (Lipinski definition) is 2. The predicted molar refractivity (Wildman–Crippen MR) is 63.9 cm³/mol. The third kappa shape index (κ3) is 2.24. The van der Waals surface area contributed by atoms with Crippen molar-refractivity contribution in [3.63, 3.8) is 0 Å². The van der Waals surface area contributed by atoms with Crippen molar-refractivity contribution in [3.8, 4) is 11.3 Å². The molecule has 0 bridgehead atoms. The van der Waals surface area contributed by atoms with E-state index >= 15 is 0 Å². The van der Waals surface area contributed by atoms with E-state index in [0.29, 0.717) is 11.8 Å². The van der Waals surface area contributed by atoms with Crippen LogP contribution in [0.1, 0.15) is 11.5 Å². The van der Waals surface area contributed by atoms with E-state index < -0.39 is 0 Å². The molecule has 0 aliphatic carbocycles. The van der Waals surface area contributed by atoms with Crippen molar-refractivity contribution in [3.05, 3.63) is 40.3 Å². The topological polar surface area (TPSA) is 26.0 Å². The number of alkyl halides is 1. The maximum absolute atomic E-state index is 5.63. The van der Waals surface area contributed by atoms with Gasteiger partial charge in [0.2, 0.25) is 5.89 Å². The van der Waals surface area contributed by atoms with E-state index in [2.05, 4.69) is 20.9 Å². The fraction of sp³-hybridized carbons (Fsp3) is 0.182. The van der Waals surface area contributed by atoms with Gasteiger partial charge in [-0.3, -0.25) is 0 Å². The molecule has 0 saturated heterocycles. The quantitative estimate of drug-likeness (QED) is 0.775. The highest BCUT2D eigenvalue weighted by atomic mass is 79.9. The molecule has 1 heterocycles. The average molecular weight is 287 g/mol. The molecule has 0 radical (unpaired) electrons. The van der Waals surface area contributed by atoms with Crippen molar-refractivity contribution in [2.45, 2.75) is 12.8 Å². The van der Waals surface area contributed by atoms with Crippen molar-refractivity contribution < 1.29 is 4.42 Å². The molecule has 0 unspecified atom stereocenters. The first kappa shape index (κ1) is 10.7. The lowest BCUT2D eigenvalue weighted by Gasteiger charge is -2.02. The van der Waals surface area contributed by atoms with Crippen LogP contribution < -0.4 is 0 Å². The molecule has 2 rings (SSSR count). The summed E-state index contributed by atoms with van der Waals surface area (Å²) in [6.45, 7) is 2.03. The standard InChI is InChI=1S/C11H9BrClNO/c1-7-2-3-8(12)4-9(7)10-6-14-11(5-13)15-10/h2-4,6H,5H2,1H3. The van der Waals surface area contributed by atoms with Gasteiger partial charge in [0.05, 0.1) is 12.1 Å². The molecule has 78 valence electrons. The molecule has 2 nitrogen and oxygen atoms in total. The smallest absolute Gasteiger partial charge is 0.209 e. The Hall–Kier alpha value is -0.800. The molecule has 0 aliphatic heterocycles. The van der Waals surface area contributed by atoms with Crippen molar-refractivity contribution in [1.29, 1.82) is 0 Å². The Balaban J connectivity index is 2.48. The number of aromatic nitrogens is 1. The number of rotatable bonds is 2. The van der Waals surface area contributed by atoms with Gasteiger partial charge in [-0.05, 0) is 24.6 Å². The van der Waals surface area contributed by atoms with E-state index in [4.69, 9.17) is 16.0 Å². The van der Waals surface area contributed by atoms with E-state index in [9.17, 15) is 0 Å². The van der Waals surface area contributed by atoms with Gasteiger partial charge in [0.1, 0.15) is 0 Å². The Bertz CT molecular complexity index is 481. The summed E-state index contributed by atoms with van der Waals surface area (Å²) in [4.78, 5) is 4.07. The minimum Gasteiger partial charge on any atom is -0.439 e. The highest BCUT2D eigenvalue weighted by molar-refractivity contribution is 9.10. The first-order chi connectivity index (χ1) is 7.20. The molecule has 0 saturated carbocycles. The molecule has 0 fully saturated rings. The van der Waals surface area contributed by atoms with Crippen molar-refractivity contribution in [1.82, 2.24) is 4.98 Å². The number of halogens is 2. The van der Waals surface area contributed by atoms with Crippen LogP contribution in [0.4, 0.5) is 0 Å². The van der Waals surface area contributed by atoms with Gasteiger partial charge in [-0.2, -0.15) is 0 Å². The molecule has 0 spiro atoms. The predicted octanol–water partition coefficient (Wildman–Crippen LogP) is 4.15. The second-order valence-electron chi connectivity index (χ2n) is 3.21. The number of nitrogens with zero attached hydrogens (tertiary/aromatic N) is 1. The van der Waals surface area contributed by atoms with Crippen LogP contribution in [-0.4, -0.2) is 4.98 Å². The lowest BCUT2D eigenvalue weighted by Crippen LogP contribution is -1.80. The molecule has 2 aromatic rings. The summed E-state index contributed by atoms with van der Waals surface area (Å²) in [6.07, 6.45) is 1.70. The monoisotopic (exact) mass is 285 g/mol. The van der Waals surface area contributed by atoms with Crippen LogP contribution in [0.15, 0.2) is 33.3 Å². The molecule has 0 atom stereocenters. The van der Waals surface area contributed by atoms with E-state index in [1.165, 1.54) is 0 Å². The largest absolute Gasteiger partial charge is 0.439 e. The van der Waals surface area contributed by atoms with Gasteiger partial charge in [-0.1, -0.05) is 22.0 Å². The Morgan fingerprint density at radius 1 is 1.47 bits per heavy atom.